The summed E-state index contributed by atoms with van der Waals surface area (Å²) in [6.45, 7) is 2.57. The van der Waals surface area contributed by atoms with Crippen LogP contribution in [-0.4, -0.2) is 31.7 Å². The first-order valence-corrected chi connectivity index (χ1v) is 8.65. The molecule has 6 nitrogen and oxygen atoms in total. The van der Waals surface area contributed by atoms with Crippen LogP contribution in [0.25, 0.3) is 4.96 Å². The normalized spacial score (nSPS) is 17.5. The lowest BCUT2D eigenvalue weighted by Crippen LogP contribution is -2.35. The Morgan fingerprint density at radius 3 is 2.92 bits per heavy atom. The molecule has 0 saturated carbocycles. The van der Waals surface area contributed by atoms with Crippen molar-refractivity contribution in [2.45, 2.75) is 25.8 Å². The van der Waals surface area contributed by atoms with E-state index in [2.05, 4.69) is 9.97 Å². The van der Waals surface area contributed by atoms with Crippen LogP contribution in [0.2, 0.25) is 0 Å². The van der Waals surface area contributed by atoms with E-state index in [4.69, 9.17) is 0 Å². The second-order valence-corrected chi connectivity index (χ2v) is 7.12. The number of thiazole rings is 1. The lowest BCUT2D eigenvalue weighted by molar-refractivity contribution is 0.0733. The Kier molecular flexibility index (Phi) is 3.65. The van der Waals surface area contributed by atoms with Crippen molar-refractivity contribution in [2.24, 2.45) is 0 Å². The molecular formula is C17H16N4O2S. The van der Waals surface area contributed by atoms with Gasteiger partial charge in [0.05, 0.1) is 6.04 Å². The fourth-order valence-corrected chi connectivity index (χ4v) is 4.02. The first kappa shape index (κ1) is 15.0. The predicted octanol–water partition coefficient (Wildman–Crippen LogP) is 2.44. The van der Waals surface area contributed by atoms with Crippen molar-refractivity contribution in [1.82, 2.24) is 19.3 Å². The summed E-state index contributed by atoms with van der Waals surface area (Å²) in [5, 5.41) is 0. The van der Waals surface area contributed by atoms with Crippen molar-refractivity contribution in [2.75, 3.05) is 6.54 Å². The van der Waals surface area contributed by atoms with Crippen molar-refractivity contribution in [3.05, 3.63) is 63.3 Å². The van der Waals surface area contributed by atoms with E-state index in [-0.39, 0.29) is 23.1 Å². The van der Waals surface area contributed by atoms with E-state index in [0.29, 0.717) is 11.5 Å². The number of rotatable bonds is 2. The van der Waals surface area contributed by atoms with E-state index in [9.17, 15) is 9.59 Å². The van der Waals surface area contributed by atoms with E-state index in [1.165, 1.54) is 21.9 Å². The predicted molar refractivity (Wildman–Crippen MR) is 91.3 cm³/mol. The van der Waals surface area contributed by atoms with Gasteiger partial charge < -0.3 is 4.90 Å². The molecule has 1 aliphatic rings. The Bertz CT molecular complexity index is 964. The highest BCUT2D eigenvalue weighted by molar-refractivity contribution is 7.16. The van der Waals surface area contributed by atoms with Gasteiger partial charge in [-0.15, -0.1) is 11.3 Å². The Hall–Kier alpha value is -2.54. The average molecular weight is 340 g/mol. The van der Waals surface area contributed by atoms with Crippen molar-refractivity contribution in [1.29, 1.82) is 0 Å². The number of nitrogens with zero attached hydrogens (tertiary/aromatic N) is 4. The molecule has 0 radical (unpaired) electrons. The fraction of sp³-hybridized carbons (Fsp3) is 0.294. The molecule has 122 valence electrons. The van der Waals surface area contributed by atoms with Gasteiger partial charge >= 0.3 is 0 Å². The monoisotopic (exact) mass is 340 g/mol. The molecular weight excluding hydrogens is 324 g/mol. The van der Waals surface area contributed by atoms with Crippen molar-refractivity contribution < 1.29 is 4.79 Å². The van der Waals surface area contributed by atoms with Gasteiger partial charge in [0, 0.05) is 36.2 Å². The highest BCUT2D eigenvalue weighted by Crippen LogP contribution is 2.32. The van der Waals surface area contributed by atoms with Gasteiger partial charge in [0.2, 0.25) is 0 Å². The van der Waals surface area contributed by atoms with Gasteiger partial charge in [-0.2, -0.15) is 0 Å². The van der Waals surface area contributed by atoms with Crippen molar-refractivity contribution in [3.8, 4) is 0 Å². The smallest absolute Gasteiger partial charge is 0.271 e. The molecule has 7 heteroatoms. The lowest BCUT2D eigenvalue weighted by atomic mass is 10.1. The lowest BCUT2D eigenvalue weighted by Gasteiger charge is -2.24. The van der Waals surface area contributed by atoms with Gasteiger partial charge in [-0.05, 0) is 37.5 Å². The van der Waals surface area contributed by atoms with Crippen molar-refractivity contribution in [3.63, 3.8) is 0 Å². The Labute approximate surface area is 142 Å². The summed E-state index contributed by atoms with van der Waals surface area (Å²) < 4.78 is 1.46. The van der Waals surface area contributed by atoms with E-state index >= 15 is 0 Å². The van der Waals surface area contributed by atoms with Gasteiger partial charge in [-0.1, -0.05) is 0 Å². The zero-order valence-corrected chi connectivity index (χ0v) is 14.0. The van der Waals surface area contributed by atoms with Crippen LogP contribution >= 0.6 is 11.3 Å². The molecule has 1 atom stereocenters. The minimum absolute atomic E-state index is 0.00944. The number of fused-ring (bicyclic) bond motifs is 1. The summed E-state index contributed by atoms with van der Waals surface area (Å²) >= 11 is 1.44. The van der Waals surface area contributed by atoms with Crippen LogP contribution in [0.4, 0.5) is 0 Å². The van der Waals surface area contributed by atoms with E-state index in [1.807, 2.05) is 19.1 Å². The number of carbonyl (C=O) groups is 1. The molecule has 1 fully saturated rings. The molecule has 4 rings (SSSR count). The van der Waals surface area contributed by atoms with E-state index in [0.717, 1.165) is 23.3 Å². The standard InChI is InChI=1S/C17H16N4O2S/c1-11-10-21-16(23)13(9-19-17(21)24-11)15(22)20-8-2-3-14(20)12-4-6-18-7-5-12/h4-7,9-10,14H,2-3,8H2,1H3/t14-/m1/s1. The summed E-state index contributed by atoms with van der Waals surface area (Å²) in [5.74, 6) is -0.245. The molecule has 0 spiro atoms. The number of likely N-dealkylation sites (tertiary alicyclic amines) is 1. The van der Waals surface area contributed by atoms with Crippen LogP contribution in [0.1, 0.15) is 39.7 Å². The highest BCUT2D eigenvalue weighted by atomic mass is 32.1. The highest BCUT2D eigenvalue weighted by Gasteiger charge is 2.32. The molecule has 1 aliphatic heterocycles. The second-order valence-electron chi connectivity index (χ2n) is 5.91. The molecule has 4 heterocycles. The number of hydrogen-bond acceptors (Lipinski definition) is 5. The number of aromatic nitrogens is 3. The summed E-state index contributed by atoms with van der Waals surface area (Å²) in [6.07, 6.45) is 8.42. The molecule has 3 aromatic rings. The van der Waals surface area contributed by atoms with Crippen molar-refractivity contribution >= 4 is 22.2 Å². The molecule has 0 aliphatic carbocycles. The third-order valence-electron chi connectivity index (χ3n) is 4.36. The SMILES string of the molecule is Cc1cn2c(=O)c(C(=O)N3CCC[C@@H]3c3ccncc3)cnc2s1. The molecule has 0 N–H and O–H groups in total. The van der Waals surface area contributed by atoms with Gasteiger partial charge in [0.25, 0.3) is 11.5 Å². The van der Waals surface area contributed by atoms with E-state index in [1.54, 1.807) is 23.5 Å². The van der Waals surface area contributed by atoms with Crippen LogP contribution in [0.5, 0.6) is 0 Å². The fourth-order valence-electron chi connectivity index (χ4n) is 3.24. The number of carbonyl (C=O) groups excluding carboxylic acids is 1. The Morgan fingerprint density at radius 2 is 2.12 bits per heavy atom. The van der Waals surface area contributed by atoms with E-state index < -0.39 is 0 Å². The molecule has 0 unspecified atom stereocenters. The molecule has 3 aromatic heterocycles. The van der Waals surface area contributed by atoms with Crippen LogP contribution in [-0.2, 0) is 0 Å². The first-order chi connectivity index (χ1) is 11.6. The zero-order chi connectivity index (χ0) is 16.7. The number of aryl methyl sites for hydroxylation is 1. The minimum atomic E-state index is -0.297. The summed E-state index contributed by atoms with van der Waals surface area (Å²) in [5.41, 5.74) is 0.886. The summed E-state index contributed by atoms with van der Waals surface area (Å²) in [7, 11) is 0. The van der Waals surface area contributed by atoms with Crippen LogP contribution < -0.4 is 5.56 Å². The van der Waals surface area contributed by atoms with Crippen LogP contribution in [0, 0.1) is 6.92 Å². The largest absolute Gasteiger partial charge is 0.331 e. The third kappa shape index (κ3) is 2.41. The first-order valence-electron chi connectivity index (χ1n) is 7.84. The minimum Gasteiger partial charge on any atom is -0.331 e. The Morgan fingerprint density at radius 1 is 1.33 bits per heavy atom. The molecule has 0 aromatic carbocycles. The maximum Gasteiger partial charge on any atom is 0.271 e. The average Bonchev–Trinajstić information content (AvgIpc) is 3.22. The second kappa shape index (κ2) is 5.83. The molecule has 1 amide bonds. The number of amides is 1. The molecule has 0 bridgehead atoms. The topological polar surface area (TPSA) is 67.6 Å². The van der Waals surface area contributed by atoms with Gasteiger partial charge in [-0.25, -0.2) is 4.98 Å². The molecule has 24 heavy (non-hydrogen) atoms. The number of hydrogen-bond donors (Lipinski definition) is 0. The molecule has 1 saturated heterocycles. The van der Waals surface area contributed by atoms with Gasteiger partial charge in [0.15, 0.2) is 4.96 Å². The van der Waals surface area contributed by atoms with Gasteiger partial charge in [-0.3, -0.25) is 19.0 Å². The quantitative estimate of drug-likeness (QED) is 0.718. The number of pyridine rings is 1. The summed E-state index contributed by atoms with van der Waals surface area (Å²) in [6, 6.07) is 3.84. The maximum absolute atomic E-state index is 13.0. The maximum atomic E-state index is 13.0. The Balaban J connectivity index is 1.73. The third-order valence-corrected chi connectivity index (χ3v) is 5.27. The zero-order valence-electron chi connectivity index (χ0n) is 13.2. The van der Waals surface area contributed by atoms with Crippen LogP contribution in [0.3, 0.4) is 0 Å². The van der Waals surface area contributed by atoms with Gasteiger partial charge in [0.1, 0.15) is 5.56 Å². The summed E-state index contributed by atoms with van der Waals surface area (Å²) in [4.78, 5) is 37.3. The van der Waals surface area contributed by atoms with Crippen LogP contribution in [0.15, 0.2) is 41.7 Å².